The molecule has 0 fully saturated rings. The van der Waals surface area contributed by atoms with Crippen molar-refractivity contribution in [2.45, 2.75) is 11.3 Å². The molecule has 11 heteroatoms. The highest BCUT2D eigenvalue weighted by Gasteiger charge is 2.30. The van der Waals surface area contributed by atoms with Crippen molar-refractivity contribution in [2.75, 3.05) is 36.9 Å². The molecule has 0 aliphatic heterocycles. The highest BCUT2D eigenvalue weighted by Crippen LogP contribution is 2.33. The average Bonchev–Trinajstić information content (AvgIpc) is 3.00. The van der Waals surface area contributed by atoms with Crippen LogP contribution in [0.2, 0.25) is 0 Å². The van der Waals surface area contributed by atoms with Crippen LogP contribution in [-0.2, 0) is 21.2 Å². The molecule has 0 spiro atoms. The summed E-state index contributed by atoms with van der Waals surface area (Å²) in [5.41, 5.74) is 1.11. The number of carbonyl (C=O) groups excluding carboxylic acids is 2. The van der Waals surface area contributed by atoms with Gasteiger partial charge in [0.05, 0.1) is 36.1 Å². The third-order valence-corrected chi connectivity index (χ3v) is 8.09. The van der Waals surface area contributed by atoms with Crippen LogP contribution in [0, 0.1) is 5.82 Å². The molecule has 0 atom stereocenters. The summed E-state index contributed by atoms with van der Waals surface area (Å²) in [6.07, 6.45) is 0.618. The molecular weight excluding hydrogens is 561 g/mol. The molecular formula is C31H30FN3O6S. The summed E-state index contributed by atoms with van der Waals surface area (Å²) in [4.78, 5) is 26.0. The van der Waals surface area contributed by atoms with Gasteiger partial charge in [0.1, 0.15) is 12.4 Å². The van der Waals surface area contributed by atoms with Crippen molar-refractivity contribution in [3.63, 3.8) is 0 Å². The molecule has 0 bridgehead atoms. The zero-order valence-electron chi connectivity index (χ0n) is 23.0. The lowest BCUT2D eigenvalue weighted by Gasteiger charge is -2.25. The number of amides is 2. The van der Waals surface area contributed by atoms with Gasteiger partial charge < -0.3 is 20.1 Å². The number of methoxy groups -OCH3 is 2. The van der Waals surface area contributed by atoms with E-state index in [9.17, 15) is 22.4 Å². The molecule has 42 heavy (non-hydrogen) atoms. The second-order valence-electron chi connectivity index (χ2n) is 9.07. The van der Waals surface area contributed by atoms with Crippen LogP contribution in [0.1, 0.15) is 15.9 Å². The van der Waals surface area contributed by atoms with Crippen molar-refractivity contribution in [2.24, 2.45) is 0 Å². The van der Waals surface area contributed by atoms with E-state index in [-0.39, 0.29) is 27.6 Å². The Labute approximate surface area is 243 Å². The molecule has 0 aliphatic carbocycles. The summed E-state index contributed by atoms with van der Waals surface area (Å²) in [5.74, 6) is -1.60. The third kappa shape index (κ3) is 7.05. The number of rotatable bonds is 12. The second-order valence-corrected chi connectivity index (χ2v) is 10.9. The van der Waals surface area contributed by atoms with Crippen LogP contribution in [0.5, 0.6) is 11.5 Å². The van der Waals surface area contributed by atoms with Crippen LogP contribution in [0.25, 0.3) is 0 Å². The van der Waals surface area contributed by atoms with Gasteiger partial charge in [-0.25, -0.2) is 12.8 Å². The quantitative estimate of drug-likeness (QED) is 0.248. The minimum absolute atomic E-state index is 0.142. The number of carbonyl (C=O) groups is 2. The fraction of sp³-hybridized carbons (Fsp3) is 0.161. The Morgan fingerprint density at radius 2 is 1.50 bits per heavy atom. The van der Waals surface area contributed by atoms with Gasteiger partial charge in [0.25, 0.3) is 15.9 Å². The van der Waals surface area contributed by atoms with Gasteiger partial charge in [-0.3, -0.25) is 13.9 Å². The highest BCUT2D eigenvalue weighted by atomic mass is 32.2. The maximum absolute atomic E-state index is 14.9. The summed E-state index contributed by atoms with van der Waals surface area (Å²) >= 11 is 0. The summed E-state index contributed by atoms with van der Waals surface area (Å²) < 4.78 is 53.5. The van der Waals surface area contributed by atoms with E-state index in [0.29, 0.717) is 23.0 Å². The van der Waals surface area contributed by atoms with Crippen LogP contribution in [0.4, 0.5) is 15.8 Å². The van der Waals surface area contributed by atoms with Crippen molar-refractivity contribution >= 4 is 33.2 Å². The third-order valence-electron chi connectivity index (χ3n) is 6.34. The number of sulfonamides is 1. The number of benzene rings is 4. The number of para-hydroxylation sites is 2. The summed E-state index contributed by atoms with van der Waals surface area (Å²) in [6.45, 7) is -0.405. The molecule has 0 heterocycles. The number of anilines is 2. The van der Waals surface area contributed by atoms with E-state index in [4.69, 9.17) is 9.47 Å². The maximum atomic E-state index is 14.9. The molecule has 4 aromatic rings. The Morgan fingerprint density at radius 3 is 2.21 bits per heavy atom. The van der Waals surface area contributed by atoms with Crippen molar-refractivity contribution in [1.82, 2.24) is 5.32 Å². The normalized spacial score (nSPS) is 10.9. The largest absolute Gasteiger partial charge is 0.493 e. The molecule has 9 nitrogen and oxygen atoms in total. The van der Waals surface area contributed by atoms with Crippen molar-refractivity contribution in [3.05, 3.63) is 114 Å². The van der Waals surface area contributed by atoms with E-state index in [2.05, 4.69) is 10.6 Å². The molecule has 0 aliphatic rings. The Balaban J connectivity index is 1.57. The second kappa shape index (κ2) is 13.6. The molecule has 0 unspecified atom stereocenters. The zero-order chi connectivity index (χ0) is 30.1. The van der Waals surface area contributed by atoms with Crippen LogP contribution < -0.4 is 24.4 Å². The Hall–Kier alpha value is -4.90. The van der Waals surface area contributed by atoms with E-state index in [1.807, 2.05) is 30.3 Å². The molecule has 2 amide bonds. The number of hydrogen-bond donors (Lipinski definition) is 2. The topological polar surface area (TPSA) is 114 Å². The first-order valence-corrected chi connectivity index (χ1v) is 14.4. The predicted molar refractivity (Wildman–Crippen MR) is 158 cm³/mol. The lowest BCUT2D eigenvalue weighted by molar-refractivity contribution is -0.114. The average molecular weight is 592 g/mol. The Morgan fingerprint density at radius 1 is 0.833 bits per heavy atom. The summed E-state index contributed by atoms with van der Waals surface area (Å²) in [7, 11) is -1.71. The van der Waals surface area contributed by atoms with Gasteiger partial charge in [0.15, 0.2) is 11.5 Å². The molecule has 0 saturated carbocycles. The van der Waals surface area contributed by atoms with Crippen LogP contribution in [-0.4, -0.2) is 47.5 Å². The van der Waals surface area contributed by atoms with Gasteiger partial charge in [-0.15, -0.1) is 0 Å². The smallest absolute Gasteiger partial charge is 0.265 e. The Bertz CT molecular complexity index is 1660. The zero-order valence-corrected chi connectivity index (χ0v) is 23.9. The molecule has 4 rings (SSSR count). The van der Waals surface area contributed by atoms with Gasteiger partial charge in [0.2, 0.25) is 5.91 Å². The summed E-state index contributed by atoms with van der Waals surface area (Å²) in [6, 6.07) is 25.1. The van der Waals surface area contributed by atoms with E-state index < -0.39 is 34.2 Å². The molecule has 0 radical (unpaired) electrons. The van der Waals surface area contributed by atoms with Crippen molar-refractivity contribution < 1.29 is 31.9 Å². The minimum atomic E-state index is -4.47. The van der Waals surface area contributed by atoms with Crippen LogP contribution in [0.15, 0.2) is 102 Å². The minimum Gasteiger partial charge on any atom is -0.493 e. The fourth-order valence-corrected chi connectivity index (χ4v) is 5.67. The number of nitrogens with zero attached hydrogens (tertiary/aromatic N) is 1. The number of halogens is 1. The van der Waals surface area contributed by atoms with E-state index in [1.54, 1.807) is 18.2 Å². The summed E-state index contributed by atoms with van der Waals surface area (Å²) in [5, 5.41) is 5.44. The van der Waals surface area contributed by atoms with Gasteiger partial charge in [-0.2, -0.15) is 0 Å². The first-order valence-electron chi connectivity index (χ1n) is 12.9. The number of ether oxygens (including phenoxy) is 2. The maximum Gasteiger partial charge on any atom is 0.265 e. The number of nitrogens with one attached hydrogen (secondary N) is 2. The molecule has 2 N–H and O–H groups in total. The first-order chi connectivity index (χ1) is 20.2. The van der Waals surface area contributed by atoms with E-state index in [1.165, 1.54) is 56.7 Å². The van der Waals surface area contributed by atoms with Gasteiger partial charge in [0, 0.05) is 12.6 Å². The van der Waals surface area contributed by atoms with Gasteiger partial charge in [-0.05, 0) is 48.4 Å². The molecule has 0 saturated heterocycles. The van der Waals surface area contributed by atoms with Gasteiger partial charge >= 0.3 is 0 Å². The monoisotopic (exact) mass is 591 g/mol. The van der Waals surface area contributed by atoms with Crippen molar-refractivity contribution in [3.8, 4) is 11.5 Å². The van der Waals surface area contributed by atoms with Crippen molar-refractivity contribution in [1.29, 1.82) is 0 Å². The standard InChI is InChI=1S/C31H30FN3O6S/c1-40-28-17-16-23(20-29(28)41-2)42(38,39)35(27-15-9-7-13-25(27)32)21-30(36)34-26-14-8-6-12-24(26)31(37)33-19-18-22-10-4-3-5-11-22/h3-17,20H,18-19,21H2,1-2H3,(H,33,37)(H,34,36). The molecule has 0 aromatic heterocycles. The fourth-order valence-electron chi connectivity index (χ4n) is 4.23. The van der Waals surface area contributed by atoms with Gasteiger partial charge in [-0.1, -0.05) is 54.6 Å². The van der Waals surface area contributed by atoms with E-state index >= 15 is 0 Å². The van der Waals surface area contributed by atoms with Crippen LogP contribution in [0.3, 0.4) is 0 Å². The first kappa shape index (κ1) is 30.1. The van der Waals surface area contributed by atoms with E-state index in [0.717, 1.165) is 11.6 Å². The Kier molecular flexibility index (Phi) is 9.77. The van der Waals surface area contributed by atoms with Crippen LogP contribution >= 0.6 is 0 Å². The lowest BCUT2D eigenvalue weighted by atomic mass is 10.1. The molecule has 218 valence electrons. The number of hydrogen-bond acceptors (Lipinski definition) is 6. The SMILES string of the molecule is COc1ccc(S(=O)(=O)N(CC(=O)Nc2ccccc2C(=O)NCCc2ccccc2)c2ccccc2F)cc1OC. The predicted octanol–water partition coefficient (Wildman–Crippen LogP) is 4.65. The molecule has 4 aromatic carbocycles. The lowest BCUT2D eigenvalue weighted by Crippen LogP contribution is -2.39. The highest BCUT2D eigenvalue weighted by molar-refractivity contribution is 7.92.